The van der Waals surface area contributed by atoms with Gasteiger partial charge in [-0.25, -0.2) is 5.43 Å². The molecule has 12 rings (SSSR count). The predicted octanol–water partition coefficient (Wildman–Crippen LogP) is 12.9. The minimum absolute atomic E-state index is 0.0725. The zero-order valence-electron chi connectivity index (χ0n) is 41.4. The summed E-state index contributed by atoms with van der Waals surface area (Å²) >= 11 is 0. The standard InChI is InChI=1S/C20H16N4O3.C11H14.C10H10O3.C10H12O.C10H12/c25-13-3-1-10(2-4-13)14-7-15(14)19(26)23-12-5-16-18-11(8-21-17(18)6-12)9-22-24-20(16)27;1-8-3-5-10(6-4-8)11-7-9(11)2;11-7-3-1-6(2-4-7)8-5-9(8)10(12)13;1-7-6-10(7)8-2-4-9(11)5-3-8;1-3-4-10-7-5-9(2)6-8-10/h1-6,8-9,14-15,21,25H,7H2,(H,23,26)(H,24,27);3-6,9,11H,7H2,1-2H3;1-4,8-9,11H,5H2,(H,12,13);2-5,7,10-11H,6H2,1H3;3-8H,1-2H3/b;;;;4-3+. The lowest BCUT2D eigenvalue weighted by Gasteiger charge is -2.08. The van der Waals surface area contributed by atoms with Crippen LogP contribution in [-0.2, 0) is 9.59 Å². The summed E-state index contributed by atoms with van der Waals surface area (Å²) in [6.07, 6.45) is 11.7. The van der Waals surface area contributed by atoms with Gasteiger partial charge in [-0.3, -0.25) is 14.4 Å². The molecule has 2 heterocycles. The van der Waals surface area contributed by atoms with Gasteiger partial charge in [-0.05, 0) is 158 Å². The summed E-state index contributed by atoms with van der Waals surface area (Å²) in [5.74, 6) is 3.08. The number of aromatic hydroxyl groups is 3. The van der Waals surface area contributed by atoms with Crippen LogP contribution in [0.3, 0.4) is 0 Å². The molecule has 8 unspecified atom stereocenters. The van der Waals surface area contributed by atoms with Gasteiger partial charge in [0.25, 0.3) is 5.91 Å². The average Bonchev–Trinajstić information content (AvgIpc) is 4.19. The molecule has 0 spiro atoms. The molecule has 4 aliphatic carbocycles. The fourth-order valence-corrected chi connectivity index (χ4v) is 9.21. The molecule has 1 aromatic heterocycles. The molecule has 6 aromatic carbocycles. The second-order valence-electron chi connectivity index (χ2n) is 19.8. The number of carbonyl (C=O) groups is 3. The molecular weight excluding hydrogens is 901 g/mol. The number of benzene rings is 6. The molecule has 0 bridgehead atoms. The number of anilines is 1. The number of aromatic amines is 1. The van der Waals surface area contributed by atoms with E-state index in [4.69, 9.17) is 15.3 Å². The van der Waals surface area contributed by atoms with E-state index in [1.165, 1.54) is 40.7 Å². The summed E-state index contributed by atoms with van der Waals surface area (Å²) in [7, 11) is 0. The Hall–Kier alpha value is -7.92. The van der Waals surface area contributed by atoms with Crippen LogP contribution in [0.2, 0.25) is 0 Å². The Labute approximate surface area is 421 Å². The average molecular weight is 965 g/mol. The van der Waals surface area contributed by atoms with Gasteiger partial charge >= 0.3 is 5.97 Å². The molecule has 7 aromatic rings. The van der Waals surface area contributed by atoms with E-state index in [1.807, 2.05) is 43.3 Å². The molecule has 7 N–H and O–H groups in total. The van der Waals surface area contributed by atoms with Crippen LogP contribution in [0.25, 0.3) is 17.0 Å². The van der Waals surface area contributed by atoms with Gasteiger partial charge in [0.2, 0.25) is 5.91 Å². The van der Waals surface area contributed by atoms with E-state index in [9.17, 15) is 19.5 Å². The zero-order valence-corrected chi connectivity index (χ0v) is 41.4. The number of phenols is 3. The molecule has 370 valence electrons. The van der Waals surface area contributed by atoms with Crippen molar-refractivity contribution in [3.63, 3.8) is 0 Å². The highest BCUT2D eigenvalue weighted by Gasteiger charge is 2.45. The minimum atomic E-state index is -0.724. The first-order valence-corrected chi connectivity index (χ1v) is 24.8. The van der Waals surface area contributed by atoms with Gasteiger partial charge < -0.3 is 30.7 Å². The molecule has 0 radical (unpaired) electrons. The predicted molar refractivity (Wildman–Crippen MR) is 286 cm³/mol. The minimum Gasteiger partial charge on any atom is -0.508 e. The van der Waals surface area contributed by atoms with Crippen LogP contribution in [0.1, 0.15) is 125 Å². The first kappa shape index (κ1) is 50.5. The second kappa shape index (κ2) is 22.4. The van der Waals surface area contributed by atoms with Crippen LogP contribution in [-0.4, -0.2) is 49.4 Å². The number of H-pyrrole nitrogens is 1. The maximum atomic E-state index is 12.6. The number of aromatic nitrogens is 1. The van der Waals surface area contributed by atoms with Crippen LogP contribution < -0.4 is 10.7 Å². The third-order valence-electron chi connectivity index (χ3n) is 14.1. The van der Waals surface area contributed by atoms with Gasteiger partial charge in [-0.2, -0.15) is 5.10 Å². The zero-order chi connectivity index (χ0) is 51.1. The number of phenolic OH excluding ortho intramolecular Hbond substituents is 3. The first-order valence-electron chi connectivity index (χ1n) is 24.8. The Balaban J connectivity index is 0.000000130. The highest BCUT2D eigenvalue weighted by atomic mass is 16.4. The number of aliphatic carboxylic acids is 1. The number of amides is 2. The summed E-state index contributed by atoms with van der Waals surface area (Å²) in [6.45, 7) is 10.8. The van der Waals surface area contributed by atoms with E-state index in [0.717, 1.165) is 64.1 Å². The molecule has 4 fully saturated rings. The van der Waals surface area contributed by atoms with E-state index in [-0.39, 0.29) is 47.0 Å². The highest BCUT2D eigenvalue weighted by molar-refractivity contribution is 6.15. The third kappa shape index (κ3) is 13.3. The van der Waals surface area contributed by atoms with Crippen molar-refractivity contribution in [1.82, 2.24) is 10.4 Å². The smallest absolute Gasteiger partial charge is 0.307 e. The summed E-state index contributed by atoms with van der Waals surface area (Å²) < 4.78 is 0. The number of carboxylic acids is 1. The SMILES string of the molecule is C/C=C/c1ccc(C)cc1.CC1CC1c1ccc(O)cc1.Cc1ccc(C2CC2C)cc1.O=C(O)C1CC1c1ccc(O)cc1.O=C1NN=Cc2c[nH]c3cc(NC(=O)C4CC4c4ccc(O)cc4)cc1c23. The maximum Gasteiger partial charge on any atom is 0.307 e. The first-order chi connectivity index (χ1) is 34.6. The molecule has 5 aliphatic rings. The van der Waals surface area contributed by atoms with Crippen molar-refractivity contribution in [3.05, 3.63) is 196 Å². The number of hydrogen-bond donors (Lipinski definition) is 7. The van der Waals surface area contributed by atoms with Crippen molar-refractivity contribution in [2.75, 3.05) is 5.32 Å². The lowest BCUT2D eigenvalue weighted by atomic mass is 10.0. The van der Waals surface area contributed by atoms with Crippen molar-refractivity contribution < 1.29 is 34.8 Å². The number of aryl methyl sites for hydroxylation is 2. The number of carboxylic acid groups (broad SMARTS) is 1. The third-order valence-corrected chi connectivity index (χ3v) is 14.1. The molecule has 2 amide bonds. The Bertz CT molecular complexity index is 2990. The van der Waals surface area contributed by atoms with Gasteiger partial charge in [0.1, 0.15) is 17.2 Å². The topological polar surface area (TPSA) is 184 Å². The van der Waals surface area contributed by atoms with Crippen molar-refractivity contribution in [1.29, 1.82) is 0 Å². The van der Waals surface area contributed by atoms with Crippen LogP contribution >= 0.6 is 0 Å². The van der Waals surface area contributed by atoms with Gasteiger partial charge in [0.15, 0.2) is 0 Å². The number of carbonyl (C=O) groups excluding carboxylic acids is 2. The van der Waals surface area contributed by atoms with Crippen LogP contribution in [0.4, 0.5) is 5.69 Å². The monoisotopic (exact) mass is 964 g/mol. The highest BCUT2D eigenvalue weighted by Crippen LogP contribution is 2.50. The number of rotatable bonds is 8. The number of hydrazone groups is 1. The quantitative estimate of drug-likeness (QED) is 0.0790. The molecule has 72 heavy (non-hydrogen) atoms. The number of nitrogens with one attached hydrogen (secondary N) is 3. The Morgan fingerprint density at radius 2 is 1.07 bits per heavy atom. The molecule has 4 saturated carbocycles. The summed E-state index contributed by atoms with van der Waals surface area (Å²) in [6, 6.07) is 42.2. The molecule has 1 aliphatic heterocycles. The van der Waals surface area contributed by atoms with Crippen molar-refractivity contribution in [2.24, 2.45) is 28.8 Å². The Morgan fingerprint density at radius 1 is 0.625 bits per heavy atom. The Morgan fingerprint density at radius 3 is 1.53 bits per heavy atom. The molecule has 0 saturated heterocycles. The van der Waals surface area contributed by atoms with Gasteiger partial charge in [-0.15, -0.1) is 0 Å². The van der Waals surface area contributed by atoms with E-state index in [2.05, 4.69) is 103 Å². The largest absolute Gasteiger partial charge is 0.508 e. The number of hydrogen-bond acceptors (Lipinski definition) is 7. The van der Waals surface area contributed by atoms with E-state index < -0.39 is 5.97 Å². The lowest BCUT2D eigenvalue weighted by molar-refractivity contribution is -0.138. The number of nitrogens with zero attached hydrogens (tertiary/aromatic N) is 1. The fourth-order valence-electron chi connectivity index (χ4n) is 9.21. The van der Waals surface area contributed by atoms with Crippen LogP contribution in [0.15, 0.2) is 151 Å². The summed E-state index contributed by atoms with van der Waals surface area (Å²) in [4.78, 5) is 38.6. The van der Waals surface area contributed by atoms with Crippen molar-refractivity contribution in [3.8, 4) is 17.2 Å². The lowest BCUT2D eigenvalue weighted by Crippen LogP contribution is -2.18. The van der Waals surface area contributed by atoms with E-state index >= 15 is 0 Å². The number of allylic oxidation sites excluding steroid dienone is 1. The van der Waals surface area contributed by atoms with E-state index in [1.54, 1.807) is 67.0 Å². The van der Waals surface area contributed by atoms with Crippen LogP contribution in [0, 0.1) is 37.5 Å². The molecule has 8 atom stereocenters. The molecular formula is C61H64N4O7. The fraction of sp³-hybridized carbons (Fsp3) is 0.279. The van der Waals surface area contributed by atoms with Gasteiger partial charge in [-0.1, -0.05) is 122 Å². The Kier molecular flexibility index (Phi) is 15.7. The summed E-state index contributed by atoms with van der Waals surface area (Å²) in [5.41, 5.74) is 14.0. The van der Waals surface area contributed by atoms with Crippen molar-refractivity contribution in [2.45, 2.75) is 84.0 Å². The van der Waals surface area contributed by atoms with E-state index in [0.29, 0.717) is 17.0 Å². The van der Waals surface area contributed by atoms with Gasteiger partial charge in [0.05, 0.1) is 17.7 Å². The summed E-state index contributed by atoms with van der Waals surface area (Å²) in [5, 5.41) is 43.7. The molecule has 11 heteroatoms. The van der Waals surface area contributed by atoms with Gasteiger partial charge in [0, 0.05) is 34.3 Å². The van der Waals surface area contributed by atoms with Crippen molar-refractivity contribution >= 4 is 46.7 Å². The normalized spacial score (nSPS) is 22.4. The van der Waals surface area contributed by atoms with Crippen LogP contribution in [0.5, 0.6) is 17.2 Å². The second-order valence-corrected chi connectivity index (χ2v) is 19.8. The molecule has 11 nitrogen and oxygen atoms in total. The maximum absolute atomic E-state index is 12.6.